The van der Waals surface area contributed by atoms with Gasteiger partial charge in [-0.3, -0.25) is 9.48 Å². The minimum atomic E-state index is -0.0709. The monoisotopic (exact) mass is 292 g/mol. The van der Waals surface area contributed by atoms with Crippen LogP contribution in [0.15, 0.2) is 24.3 Å². The summed E-state index contributed by atoms with van der Waals surface area (Å²) in [5.41, 5.74) is 8.65. The molecule has 0 radical (unpaired) electrons. The van der Waals surface area contributed by atoms with E-state index < -0.39 is 0 Å². The first-order valence-electron chi connectivity index (χ1n) is 6.32. The zero-order valence-electron chi connectivity index (χ0n) is 11.5. The van der Waals surface area contributed by atoms with E-state index in [0.717, 1.165) is 17.1 Å². The van der Waals surface area contributed by atoms with Crippen LogP contribution in [0.5, 0.6) is 0 Å². The van der Waals surface area contributed by atoms with Crippen LogP contribution in [-0.4, -0.2) is 15.7 Å². The SMILES string of the molecule is Cc1nn(CCC(=O)Nc2ccc(N)cc2)c(C)c1Cl. The number of aryl methyl sites for hydroxylation is 2. The number of halogens is 1. The summed E-state index contributed by atoms with van der Waals surface area (Å²) in [5.74, 6) is -0.0709. The lowest BCUT2D eigenvalue weighted by Crippen LogP contribution is -2.15. The van der Waals surface area contributed by atoms with Gasteiger partial charge >= 0.3 is 0 Å². The maximum atomic E-state index is 11.9. The molecule has 0 unspecified atom stereocenters. The highest BCUT2D eigenvalue weighted by Gasteiger charge is 2.10. The van der Waals surface area contributed by atoms with Gasteiger partial charge in [-0.2, -0.15) is 5.10 Å². The number of nitrogens with zero attached hydrogens (tertiary/aromatic N) is 2. The zero-order chi connectivity index (χ0) is 14.7. The second kappa shape index (κ2) is 5.96. The normalized spacial score (nSPS) is 10.6. The Balaban J connectivity index is 1.92. The highest BCUT2D eigenvalue weighted by molar-refractivity contribution is 6.31. The van der Waals surface area contributed by atoms with Crippen LogP contribution in [0.3, 0.4) is 0 Å². The third-order valence-corrected chi connectivity index (χ3v) is 3.59. The topological polar surface area (TPSA) is 72.9 Å². The van der Waals surface area contributed by atoms with E-state index in [-0.39, 0.29) is 5.91 Å². The molecular weight excluding hydrogens is 276 g/mol. The minimum absolute atomic E-state index is 0.0709. The Kier molecular flexibility index (Phi) is 4.29. The van der Waals surface area contributed by atoms with E-state index in [2.05, 4.69) is 10.4 Å². The smallest absolute Gasteiger partial charge is 0.226 e. The van der Waals surface area contributed by atoms with Crippen LogP contribution < -0.4 is 11.1 Å². The highest BCUT2D eigenvalue weighted by atomic mass is 35.5. The number of benzene rings is 1. The molecule has 0 atom stereocenters. The maximum Gasteiger partial charge on any atom is 0.226 e. The number of nitrogens with one attached hydrogen (secondary N) is 1. The predicted octanol–water partition coefficient (Wildman–Crippen LogP) is 2.76. The number of nitrogens with two attached hydrogens (primary N) is 1. The summed E-state index contributed by atoms with van der Waals surface area (Å²) in [7, 11) is 0. The van der Waals surface area contributed by atoms with Gasteiger partial charge in [-0.1, -0.05) is 11.6 Å². The van der Waals surface area contributed by atoms with Crippen LogP contribution in [0.25, 0.3) is 0 Å². The number of rotatable bonds is 4. The van der Waals surface area contributed by atoms with Crippen LogP contribution >= 0.6 is 11.6 Å². The van der Waals surface area contributed by atoms with Crippen molar-refractivity contribution >= 4 is 28.9 Å². The largest absolute Gasteiger partial charge is 0.399 e. The van der Waals surface area contributed by atoms with Crippen molar-refractivity contribution in [1.29, 1.82) is 0 Å². The average molecular weight is 293 g/mol. The fraction of sp³-hybridized carbons (Fsp3) is 0.286. The molecule has 3 N–H and O–H groups in total. The molecule has 106 valence electrons. The fourth-order valence-corrected chi connectivity index (χ4v) is 2.03. The summed E-state index contributed by atoms with van der Waals surface area (Å²) in [6.07, 6.45) is 0.336. The first-order chi connectivity index (χ1) is 9.47. The molecule has 1 aromatic heterocycles. The van der Waals surface area contributed by atoms with Crippen LogP contribution in [0, 0.1) is 13.8 Å². The number of aromatic nitrogens is 2. The maximum absolute atomic E-state index is 11.9. The molecular formula is C14H17ClN4O. The van der Waals surface area contributed by atoms with Crippen molar-refractivity contribution in [1.82, 2.24) is 9.78 Å². The van der Waals surface area contributed by atoms with Crippen molar-refractivity contribution in [3.05, 3.63) is 40.7 Å². The number of amides is 1. The molecule has 0 saturated carbocycles. The molecule has 0 aliphatic heterocycles. The van der Waals surface area contributed by atoms with Crippen molar-refractivity contribution in [2.75, 3.05) is 11.1 Å². The number of nitrogen functional groups attached to an aromatic ring is 1. The summed E-state index contributed by atoms with van der Waals surface area (Å²) in [6.45, 7) is 4.24. The summed E-state index contributed by atoms with van der Waals surface area (Å²) in [4.78, 5) is 11.9. The first-order valence-corrected chi connectivity index (χ1v) is 6.70. The van der Waals surface area contributed by atoms with E-state index in [1.54, 1.807) is 28.9 Å². The van der Waals surface area contributed by atoms with E-state index in [1.165, 1.54) is 0 Å². The quantitative estimate of drug-likeness (QED) is 0.851. The summed E-state index contributed by atoms with van der Waals surface area (Å²) in [5, 5.41) is 7.76. The third-order valence-electron chi connectivity index (χ3n) is 3.04. The molecule has 2 aromatic rings. The van der Waals surface area contributed by atoms with E-state index in [4.69, 9.17) is 17.3 Å². The predicted molar refractivity (Wildman–Crippen MR) is 80.8 cm³/mol. The molecule has 1 amide bonds. The van der Waals surface area contributed by atoms with Crippen molar-refractivity contribution in [2.45, 2.75) is 26.8 Å². The van der Waals surface area contributed by atoms with Gasteiger partial charge in [0.25, 0.3) is 0 Å². The molecule has 0 bridgehead atoms. The molecule has 1 aromatic carbocycles. The molecule has 1 heterocycles. The summed E-state index contributed by atoms with van der Waals surface area (Å²) < 4.78 is 1.75. The lowest BCUT2D eigenvalue weighted by molar-refractivity contribution is -0.116. The molecule has 0 aliphatic carbocycles. The molecule has 20 heavy (non-hydrogen) atoms. The zero-order valence-corrected chi connectivity index (χ0v) is 12.2. The summed E-state index contributed by atoms with van der Waals surface area (Å²) in [6, 6.07) is 7.04. The Morgan fingerprint density at radius 2 is 2.00 bits per heavy atom. The van der Waals surface area contributed by atoms with Gasteiger partial charge in [0.05, 0.1) is 23.0 Å². The number of anilines is 2. The van der Waals surface area contributed by atoms with Crippen LogP contribution in [0.4, 0.5) is 11.4 Å². The second-order valence-corrected chi connectivity index (χ2v) is 5.01. The Morgan fingerprint density at radius 3 is 2.55 bits per heavy atom. The number of hydrogen-bond donors (Lipinski definition) is 2. The van der Waals surface area contributed by atoms with Crippen molar-refractivity contribution in [3.63, 3.8) is 0 Å². The Morgan fingerprint density at radius 1 is 1.35 bits per heavy atom. The van der Waals surface area contributed by atoms with Crippen molar-refractivity contribution < 1.29 is 4.79 Å². The lowest BCUT2D eigenvalue weighted by atomic mass is 10.3. The molecule has 0 saturated heterocycles. The van der Waals surface area contributed by atoms with Gasteiger partial charge in [0.2, 0.25) is 5.91 Å². The van der Waals surface area contributed by atoms with Gasteiger partial charge in [-0.05, 0) is 38.1 Å². The van der Waals surface area contributed by atoms with Gasteiger partial charge in [-0.15, -0.1) is 0 Å². The van der Waals surface area contributed by atoms with E-state index >= 15 is 0 Å². The highest BCUT2D eigenvalue weighted by Crippen LogP contribution is 2.19. The molecule has 0 spiro atoms. The van der Waals surface area contributed by atoms with Gasteiger partial charge < -0.3 is 11.1 Å². The fourth-order valence-electron chi connectivity index (χ4n) is 1.89. The standard InChI is InChI=1S/C14H17ClN4O/c1-9-14(15)10(2)19(18-9)8-7-13(20)17-12-5-3-11(16)4-6-12/h3-6H,7-8,16H2,1-2H3,(H,17,20). The van der Waals surface area contributed by atoms with Crippen LogP contribution in [0.2, 0.25) is 5.02 Å². The Labute approximate surface area is 122 Å². The molecule has 2 rings (SSSR count). The molecule has 5 nitrogen and oxygen atoms in total. The van der Waals surface area contributed by atoms with Crippen LogP contribution in [0.1, 0.15) is 17.8 Å². The average Bonchev–Trinajstić information content (AvgIpc) is 2.66. The Bertz CT molecular complexity index is 619. The number of hydrogen-bond acceptors (Lipinski definition) is 3. The molecule has 0 aliphatic rings. The third kappa shape index (κ3) is 3.30. The van der Waals surface area contributed by atoms with Crippen LogP contribution in [-0.2, 0) is 11.3 Å². The van der Waals surface area contributed by atoms with Crippen molar-refractivity contribution in [2.24, 2.45) is 0 Å². The minimum Gasteiger partial charge on any atom is -0.399 e. The number of carbonyl (C=O) groups excluding carboxylic acids is 1. The molecule has 6 heteroatoms. The lowest BCUT2D eigenvalue weighted by Gasteiger charge is -2.07. The second-order valence-electron chi connectivity index (χ2n) is 4.63. The number of carbonyl (C=O) groups is 1. The van der Waals surface area contributed by atoms with E-state index in [0.29, 0.717) is 23.7 Å². The van der Waals surface area contributed by atoms with Gasteiger partial charge in [0, 0.05) is 17.8 Å². The van der Waals surface area contributed by atoms with Gasteiger partial charge in [-0.25, -0.2) is 0 Å². The molecule has 0 fully saturated rings. The van der Waals surface area contributed by atoms with E-state index in [1.807, 2.05) is 13.8 Å². The summed E-state index contributed by atoms with van der Waals surface area (Å²) >= 11 is 6.06. The van der Waals surface area contributed by atoms with E-state index in [9.17, 15) is 4.79 Å². The Hall–Kier alpha value is -2.01. The van der Waals surface area contributed by atoms with Gasteiger partial charge in [0.15, 0.2) is 0 Å². The first kappa shape index (κ1) is 14.4. The van der Waals surface area contributed by atoms with Gasteiger partial charge in [0.1, 0.15) is 0 Å². The van der Waals surface area contributed by atoms with Crippen molar-refractivity contribution in [3.8, 4) is 0 Å².